The van der Waals surface area contributed by atoms with Gasteiger partial charge in [-0.1, -0.05) is 25.6 Å². The van der Waals surface area contributed by atoms with Crippen LogP contribution in [0.15, 0.2) is 64.6 Å². The lowest BCUT2D eigenvalue weighted by atomic mass is 10.1. The lowest BCUT2D eigenvalue weighted by Gasteiger charge is -2.19. The van der Waals surface area contributed by atoms with Crippen molar-refractivity contribution in [2.75, 3.05) is 17.7 Å². The average molecular weight is 564 g/mol. The first-order valence-electron chi connectivity index (χ1n) is 12.5. The van der Waals surface area contributed by atoms with Crippen molar-refractivity contribution in [2.45, 2.75) is 55.9 Å². The Kier molecular flexibility index (Phi) is 8.53. The van der Waals surface area contributed by atoms with Crippen molar-refractivity contribution < 1.29 is 23.5 Å². The first kappa shape index (κ1) is 28.8. The highest BCUT2D eigenvalue weighted by molar-refractivity contribution is 7.99. The summed E-state index contributed by atoms with van der Waals surface area (Å²) in [5.74, 6) is -0.717. The van der Waals surface area contributed by atoms with Crippen LogP contribution in [0.4, 0.5) is 26.4 Å². The Labute approximate surface area is 235 Å². The summed E-state index contributed by atoms with van der Waals surface area (Å²) >= 11 is 1.42. The molecule has 0 aliphatic rings. The maximum Gasteiger partial charge on any atom is 0.412 e. The normalized spacial score (nSPS) is 11.4. The maximum absolute atomic E-state index is 14.8. The number of nitrogens with zero attached hydrogens (tertiary/aromatic N) is 3. The van der Waals surface area contributed by atoms with Crippen LogP contribution >= 0.6 is 11.8 Å². The van der Waals surface area contributed by atoms with Gasteiger partial charge in [-0.3, -0.25) is 5.32 Å². The van der Waals surface area contributed by atoms with Crippen LogP contribution in [0.25, 0.3) is 11.0 Å². The SMILES string of the molecule is COC(=O)c1ccc(Sc2ccc(NC(=O)OC(C)(C)C)cc2)c(Nc2ncnc3nc(C(C)C)c(F)cc23)c1. The number of esters is 1. The smallest absolute Gasteiger partial charge is 0.412 e. The molecule has 0 saturated heterocycles. The molecule has 0 atom stereocenters. The minimum atomic E-state index is -0.604. The highest BCUT2D eigenvalue weighted by atomic mass is 32.2. The molecule has 2 N–H and O–H groups in total. The molecule has 4 rings (SSSR count). The van der Waals surface area contributed by atoms with Gasteiger partial charge >= 0.3 is 12.1 Å². The number of pyridine rings is 1. The number of benzene rings is 2. The Morgan fingerprint density at radius 1 is 1.02 bits per heavy atom. The van der Waals surface area contributed by atoms with Crippen LogP contribution in [0, 0.1) is 5.82 Å². The number of ether oxygens (including phenoxy) is 2. The van der Waals surface area contributed by atoms with Crippen LogP contribution in [0.1, 0.15) is 56.6 Å². The van der Waals surface area contributed by atoms with Crippen molar-refractivity contribution in [1.29, 1.82) is 0 Å². The molecule has 0 saturated carbocycles. The van der Waals surface area contributed by atoms with Crippen LogP contribution in [0.3, 0.4) is 0 Å². The third-order valence-electron chi connectivity index (χ3n) is 5.53. The molecular formula is C29H30FN5O4S. The van der Waals surface area contributed by atoms with E-state index >= 15 is 0 Å². The van der Waals surface area contributed by atoms with Gasteiger partial charge in [0.15, 0.2) is 5.65 Å². The van der Waals surface area contributed by atoms with Gasteiger partial charge in [-0.05, 0) is 75.2 Å². The summed E-state index contributed by atoms with van der Waals surface area (Å²) in [6.07, 6.45) is 0.814. The van der Waals surface area contributed by atoms with E-state index in [2.05, 4.69) is 25.6 Å². The second-order valence-electron chi connectivity index (χ2n) is 10.2. The number of carbonyl (C=O) groups excluding carboxylic acids is 2. The topological polar surface area (TPSA) is 115 Å². The number of anilines is 3. The summed E-state index contributed by atoms with van der Waals surface area (Å²) in [6, 6.07) is 13.7. The zero-order valence-electron chi connectivity index (χ0n) is 23.0. The molecule has 2 heterocycles. The largest absolute Gasteiger partial charge is 0.465 e. The number of nitrogens with one attached hydrogen (secondary N) is 2. The Balaban J connectivity index is 1.64. The van der Waals surface area contributed by atoms with E-state index in [1.807, 2.05) is 26.0 Å². The first-order chi connectivity index (χ1) is 18.9. The molecule has 2 aromatic carbocycles. The molecule has 0 bridgehead atoms. The standard InChI is InChI=1S/C29H30FN5O4S/c1-16(2)24-21(30)14-20-25(31-15-32-26(20)35-24)34-22-13-17(27(36)38-6)7-12-23(22)40-19-10-8-18(9-11-19)33-28(37)39-29(3,4)5/h7-16H,1-6H3,(H,33,37)(H,31,32,34,35). The lowest BCUT2D eigenvalue weighted by Crippen LogP contribution is -2.27. The third-order valence-corrected chi connectivity index (χ3v) is 6.62. The van der Waals surface area contributed by atoms with Gasteiger partial charge < -0.3 is 14.8 Å². The van der Waals surface area contributed by atoms with Gasteiger partial charge in [0.2, 0.25) is 0 Å². The van der Waals surface area contributed by atoms with E-state index in [9.17, 15) is 14.0 Å². The molecule has 0 aliphatic heterocycles. The number of halogens is 1. The molecule has 0 aliphatic carbocycles. The number of aromatic nitrogens is 3. The van der Waals surface area contributed by atoms with E-state index in [0.717, 1.165) is 9.79 Å². The summed E-state index contributed by atoms with van der Waals surface area (Å²) in [6.45, 7) is 9.11. The van der Waals surface area contributed by atoms with E-state index in [1.165, 1.54) is 31.3 Å². The molecule has 1 amide bonds. The number of hydrogen-bond acceptors (Lipinski definition) is 9. The van der Waals surface area contributed by atoms with Gasteiger partial charge in [0.1, 0.15) is 23.6 Å². The van der Waals surface area contributed by atoms with Crippen LogP contribution in [-0.2, 0) is 9.47 Å². The fourth-order valence-electron chi connectivity index (χ4n) is 3.72. The van der Waals surface area contributed by atoms with Gasteiger partial charge in [0.05, 0.1) is 29.4 Å². The molecule has 0 fully saturated rings. The Bertz CT molecular complexity index is 1560. The van der Waals surface area contributed by atoms with Crippen molar-refractivity contribution in [3.8, 4) is 0 Å². The highest BCUT2D eigenvalue weighted by Gasteiger charge is 2.18. The van der Waals surface area contributed by atoms with Crippen molar-refractivity contribution in [2.24, 2.45) is 0 Å². The number of methoxy groups -OCH3 is 1. The van der Waals surface area contributed by atoms with Crippen LogP contribution in [0.5, 0.6) is 0 Å². The molecule has 0 unspecified atom stereocenters. The van der Waals surface area contributed by atoms with E-state index < -0.39 is 23.5 Å². The number of rotatable bonds is 7. The summed E-state index contributed by atoms with van der Waals surface area (Å²) in [5.41, 5.74) is 1.54. The van der Waals surface area contributed by atoms with Crippen LogP contribution < -0.4 is 10.6 Å². The number of hydrogen-bond donors (Lipinski definition) is 2. The number of fused-ring (bicyclic) bond motifs is 1. The molecule has 0 spiro atoms. The molecule has 4 aromatic rings. The monoisotopic (exact) mass is 563 g/mol. The fourth-order valence-corrected chi connectivity index (χ4v) is 4.61. The fraction of sp³-hybridized carbons (Fsp3) is 0.276. The van der Waals surface area contributed by atoms with Gasteiger partial charge in [-0.15, -0.1) is 0 Å². The predicted molar refractivity (Wildman–Crippen MR) is 153 cm³/mol. The molecule has 11 heteroatoms. The maximum atomic E-state index is 14.8. The van der Waals surface area contributed by atoms with Gasteiger partial charge in [0.25, 0.3) is 0 Å². The molecule has 0 radical (unpaired) electrons. The van der Waals surface area contributed by atoms with Crippen molar-refractivity contribution in [3.05, 3.63) is 71.9 Å². The second-order valence-corrected chi connectivity index (χ2v) is 11.3. The van der Waals surface area contributed by atoms with Gasteiger partial charge in [-0.2, -0.15) is 0 Å². The first-order valence-corrected chi connectivity index (χ1v) is 13.3. The van der Waals surface area contributed by atoms with E-state index in [4.69, 9.17) is 9.47 Å². The Hall–Kier alpha value is -4.25. The molecule has 208 valence electrons. The minimum absolute atomic E-state index is 0.110. The highest BCUT2D eigenvalue weighted by Crippen LogP contribution is 2.37. The third kappa shape index (κ3) is 7.03. The zero-order valence-corrected chi connectivity index (χ0v) is 23.9. The van der Waals surface area contributed by atoms with Crippen LogP contribution in [0.2, 0.25) is 0 Å². The van der Waals surface area contributed by atoms with Crippen molar-refractivity contribution >= 4 is 52.1 Å². The Morgan fingerprint density at radius 2 is 1.75 bits per heavy atom. The number of amides is 1. The summed E-state index contributed by atoms with van der Waals surface area (Å²) in [7, 11) is 1.31. The lowest BCUT2D eigenvalue weighted by molar-refractivity contribution is 0.0598. The van der Waals surface area contributed by atoms with Crippen molar-refractivity contribution in [1.82, 2.24) is 15.0 Å². The summed E-state index contributed by atoms with van der Waals surface area (Å²) in [4.78, 5) is 38.9. The summed E-state index contributed by atoms with van der Waals surface area (Å²) in [5, 5.41) is 6.34. The Morgan fingerprint density at radius 3 is 2.40 bits per heavy atom. The molecule has 40 heavy (non-hydrogen) atoms. The number of carbonyl (C=O) groups is 2. The van der Waals surface area contributed by atoms with Crippen molar-refractivity contribution in [3.63, 3.8) is 0 Å². The van der Waals surface area contributed by atoms with Gasteiger partial charge in [0, 0.05) is 15.5 Å². The molecule has 2 aromatic heterocycles. The minimum Gasteiger partial charge on any atom is -0.465 e. The zero-order chi connectivity index (χ0) is 29.0. The summed E-state index contributed by atoms with van der Waals surface area (Å²) < 4.78 is 25.0. The van der Waals surface area contributed by atoms with E-state index in [-0.39, 0.29) is 5.92 Å². The molecular weight excluding hydrogens is 533 g/mol. The van der Waals surface area contributed by atoms with E-state index in [0.29, 0.717) is 39.5 Å². The molecule has 9 nitrogen and oxygen atoms in total. The van der Waals surface area contributed by atoms with E-state index in [1.54, 1.807) is 51.1 Å². The second kappa shape index (κ2) is 11.9. The van der Waals surface area contributed by atoms with Gasteiger partial charge in [-0.25, -0.2) is 28.9 Å². The average Bonchev–Trinajstić information content (AvgIpc) is 2.89. The quantitative estimate of drug-likeness (QED) is 0.223. The van der Waals surface area contributed by atoms with Crippen LogP contribution in [-0.4, -0.2) is 39.7 Å². The predicted octanol–water partition coefficient (Wildman–Crippen LogP) is 7.32.